The fraction of sp³-hybridized carbons (Fsp3) is 0.250. The number of nitrogens with zero attached hydrogens (tertiary/aromatic N) is 5. The molecule has 0 aliphatic carbocycles. The molecule has 0 spiro atoms. The lowest BCUT2D eigenvalue weighted by Gasteiger charge is -2.34. The van der Waals surface area contributed by atoms with Gasteiger partial charge < -0.3 is 10.2 Å². The van der Waals surface area contributed by atoms with Gasteiger partial charge in [0.05, 0.1) is 5.02 Å². The first-order chi connectivity index (χ1) is 14.4. The van der Waals surface area contributed by atoms with Gasteiger partial charge in [-0.3, -0.25) is 0 Å². The summed E-state index contributed by atoms with van der Waals surface area (Å²) in [6, 6.07) is 12.2. The maximum absolute atomic E-state index is 12.9. The predicted octanol–water partition coefficient (Wildman–Crippen LogP) is 3.09. The van der Waals surface area contributed by atoms with Crippen molar-refractivity contribution in [3.63, 3.8) is 0 Å². The minimum absolute atomic E-state index is 0.138. The van der Waals surface area contributed by atoms with Crippen molar-refractivity contribution in [1.82, 2.24) is 19.3 Å². The van der Waals surface area contributed by atoms with E-state index in [4.69, 9.17) is 11.6 Å². The SMILES string of the molecule is Cc1ccnc(Nc2cc(N3CCN(S(=O)(=O)c4ccccc4Cl)CC3)ncn2)c1. The first kappa shape index (κ1) is 20.5. The van der Waals surface area contributed by atoms with Gasteiger partial charge >= 0.3 is 0 Å². The van der Waals surface area contributed by atoms with Crippen molar-refractivity contribution in [2.24, 2.45) is 0 Å². The fourth-order valence-corrected chi connectivity index (χ4v) is 5.19. The number of aromatic nitrogens is 3. The topological polar surface area (TPSA) is 91.3 Å². The normalized spacial score (nSPS) is 15.2. The smallest absolute Gasteiger partial charge is 0.244 e. The quantitative estimate of drug-likeness (QED) is 0.646. The highest BCUT2D eigenvalue weighted by Crippen LogP contribution is 2.26. The second kappa shape index (κ2) is 8.55. The molecule has 1 N–H and O–H groups in total. The van der Waals surface area contributed by atoms with Gasteiger partial charge in [0.15, 0.2) is 0 Å². The second-order valence-electron chi connectivity index (χ2n) is 6.93. The maximum Gasteiger partial charge on any atom is 0.244 e. The van der Waals surface area contributed by atoms with Crippen molar-refractivity contribution in [2.75, 3.05) is 36.4 Å². The van der Waals surface area contributed by atoms with Crippen LogP contribution in [-0.2, 0) is 10.0 Å². The number of hydrogen-bond donors (Lipinski definition) is 1. The summed E-state index contributed by atoms with van der Waals surface area (Å²) in [5.41, 5.74) is 1.10. The minimum Gasteiger partial charge on any atom is -0.354 e. The number of rotatable bonds is 5. The van der Waals surface area contributed by atoms with E-state index in [0.717, 1.165) is 11.4 Å². The van der Waals surface area contributed by atoms with E-state index in [1.807, 2.05) is 30.0 Å². The Morgan fingerprint density at radius 1 is 0.967 bits per heavy atom. The van der Waals surface area contributed by atoms with E-state index in [1.165, 1.54) is 16.7 Å². The highest BCUT2D eigenvalue weighted by Gasteiger charge is 2.30. The average molecular weight is 445 g/mol. The van der Waals surface area contributed by atoms with Crippen LogP contribution >= 0.6 is 11.6 Å². The van der Waals surface area contributed by atoms with Crippen LogP contribution < -0.4 is 10.2 Å². The molecule has 1 aromatic carbocycles. The van der Waals surface area contributed by atoms with Gasteiger partial charge in [-0.05, 0) is 36.8 Å². The molecular weight excluding hydrogens is 424 g/mol. The Labute approximate surface area is 180 Å². The van der Waals surface area contributed by atoms with E-state index in [1.54, 1.807) is 24.4 Å². The lowest BCUT2D eigenvalue weighted by molar-refractivity contribution is 0.384. The number of anilines is 3. The molecule has 2 aromatic heterocycles. The zero-order chi connectivity index (χ0) is 21.1. The Morgan fingerprint density at radius 2 is 1.70 bits per heavy atom. The van der Waals surface area contributed by atoms with Crippen molar-refractivity contribution in [1.29, 1.82) is 0 Å². The van der Waals surface area contributed by atoms with Crippen LogP contribution in [0.25, 0.3) is 0 Å². The summed E-state index contributed by atoms with van der Waals surface area (Å²) >= 11 is 6.10. The Kier molecular flexibility index (Phi) is 5.85. The summed E-state index contributed by atoms with van der Waals surface area (Å²) in [6.07, 6.45) is 3.22. The standard InChI is InChI=1S/C20H21ClN6O2S/c1-15-6-7-22-18(12-15)25-19-13-20(24-14-23-19)26-8-10-27(11-9-26)30(28,29)17-5-3-2-4-16(17)21/h2-7,12-14H,8-11H2,1H3,(H,22,23,24,25). The molecular formula is C20H21ClN6O2S. The van der Waals surface area contributed by atoms with Crippen LogP contribution in [0.2, 0.25) is 5.02 Å². The molecule has 0 atom stereocenters. The number of aryl methyl sites for hydroxylation is 1. The molecule has 4 rings (SSSR count). The molecule has 0 bridgehead atoms. The van der Waals surface area contributed by atoms with Crippen molar-refractivity contribution >= 4 is 39.1 Å². The largest absolute Gasteiger partial charge is 0.354 e. The maximum atomic E-state index is 12.9. The van der Waals surface area contributed by atoms with Gasteiger partial charge in [0.25, 0.3) is 0 Å². The second-order valence-corrected chi connectivity index (χ2v) is 9.24. The molecule has 10 heteroatoms. The summed E-state index contributed by atoms with van der Waals surface area (Å²) in [4.78, 5) is 15.1. The van der Waals surface area contributed by atoms with Crippen LogP contribution in [0.5, 0.6) is 0 Å². The lowest BCUT2D eigenvalue weighted by atomic mass is 10.3. The molecule has 1 fully saturated rings. The number of halogens is 1. The molecule has 156 valence electrons. The highest BCUT2D eigenvalue weighted by molar-refractivity contribution is 7.89. The lowest BCUT2D eigenvalue weighted by Crippen LogP contribution is -2.49. The zero-order valence-electron chi connectivity index (χ0n) is 16.4. The summed E-state index contributed by atoms with van der Waals surface area (Å²) in [5, 5.41) is 3.41. The molecule has 30 heavy (non-hydrogen) atoms. The van der Waals surface area contributed by atoms with E-state index < -0.39 is 10.0 Å². The Bertz CT molecular complexity index is 1150. The van der Waals surface area contributed by atoms with Gasteiger partial charge in [-0.1, -0.05) is 23.7 Å². The van der Waals surface area contributed by atoms with Crippen molar-refractivity contribution in [3.05, 3.63) is 65.6 Å². The van der Waals surface area contributed by atoms with Crippen molar-refractivity contribution in [3.8, 4) is 0 Å². The van der Waals surface area contributed by atoms with Crippen LogP contribution in [0.1, 0.15) is 5.56 Å². The molecule has 8 nitrogen and oxygen atoms in total. The Balaban J connectivity index is 1.45. The molecule has 0 radical (unpaired) electrons. The monoisotopic (exact) mass is 444 g/mol. The number of benzene rings is 1. The van der Waals surface area contributed by atoms with Crippen LogP contribution in [-0.4, -0.2) is 53.9 Å². The summed E-state index contributed by atoms with van der Waals surface area (Å²) in [7, 11) is -3.63. The van der Waals surface area contributed by atoms with Gasteiger partial charge in [0.1, 0.15) is 28.7 Å². The Hall–Kier alpha value is -2.75. The van der Waals surface area contributed by atoms with Crippen molar-refractivity contribution < 1.29 is 8.42 Å². The summed E-state index contributed by atoms with van der Waals surface area (Å²) in [5.74, 6) is 2.06. The third kappa shape index (κ3) is 4.38. The van der Waals surface area contributed by atoms with Gasteiger partial charge in [0.2, 0.25) is 10.0 Å². The van der Waals surface area contributed by atoms with E-state index in [-0.39, 0.29) is 9.92 Å². The molecule has 3 heterocycles. The van der Waals surface area contributed by atoms with Crippen LogP contribution in [0.4, 0.5) is 17.5 Å². The minimum atomic E-state index is -3.63. The van der Waals surface area contributed by atoms with E-state index >= 15 is 0 Å². The number of hydrogen-bond acceptors (Lipinski definition) is 7. The van der Waals surface area contributed by atoms with Crippen molar-refractivity contribution in [2.45, 2.75) is 11.8 Å². The predicted molar refractivity (Wildman–Crippen MR) is 117 cm³/mol. The average Bonchev–Trinajstić information content (AvgIpc) is 2.74. The first-order valence-corrected chi connectivity index (χ1v) is 11.3. The number of sulfonamides is 1. The molecule has 1 aliphatic heterocycles. The molecule has 0 saturated carbocycles. The summed E-state index contributed by atoms with van der Waals surface area (Å²) < 4.78 is 27.3. The van der Waals surface area contributed by atoms with Gasteiger partial charge in [-0.2, -0.15) is 4.31 Å². The van der Waals surface area contributed by atoms with Gasteiger partial charge in [0, 0.05) is 38.4 Å². The van der Waals surface area contributed by atoms with Gasteiger partial charge in [-0.25, -0.2) is 23.4 Å². The molecule has 0 unspecified atom stereocenters. The molecule has 1 saturated heterocycles. The third-order valence-corrected chi connectivity index (χ3v) is 7.24. The number of piperazine rings is 1. The third-order valence-electron chi connectivity index (χ3n) is 4.84. The zero-order valence-corrected chi connectivity index (χ0v) is 17.9. The van der Waals surface area contributed by atoms with Gasteiger partial charge in [-0.15, -0.1) is 0 Å². The van der Waals surface area contributed by atoms with Crippen LogP contribution in [0.3, 0.4) is 0 Å². The fourth-order valence-electron chi connectivity index (χ4n) is 3.27. The Morgan fingerprint density at radius 3 is 2.43 bits per heavy atom. The number of nitrogens with one attached hydrogen (secondary N) is 1. The molecule has 0 amide bonds. The van der Waals surface area contributed by atoms with E-state index in [9.17, 15) is 8.42 Å². The molecule has 3 aromatic rings. The van der Waals surface area contributed by atoms with Crippen LogP contribution in [0, 0.1) is 6.92 Å². The van der Waals surface area contributed by atoms with E-state index in [0.29, 0.717) is 37.8 Å². The first-order valence-electron chi connectivity index (χ1n) is 9.45. The molecule has 1 aliphatic rings. The summed E-state index contributed by atoms with van der Waals surface area (Å²) in [6.45, 7) is 3.72. The highest BCUT2D eigenvalue weighted by atomic mass is 35.5. The number of pyridine rings is 1. The van der Waals surface area contributed by atoms with Crippen LogP contribution in [0.15, 0.2) is 59.9 Å². The van der Waals surface area contributed by atoms with E-state index in [2.05, 4.69) is 20.3 Å².